The lowest BCUT2D eigenvalue weighted by Gasteiger charge is -2.16. The van der Waals surface area contributed by atoms with Crippen molar-refractivity contribution in [2.24, 2.45) is 0 Å². The third kappa shape index (κ3) is 21.9. The van der Waals surface area contributed by atoms with Gasteiger partial charge < -0.3 is 0 Å². The van der Waals surface area contributed by atoms with Crippen LogP contribution in [-0.4, -0.2) is 17.3 Å². The Balaban J connectivity index is 2.53. The Hall–Kier alpha value is 0.270. The van der Waals surface area contributed by atoms with Crippen LogP contribution in [-0.2, 0) is 0 Å². The van der Waals surface area contributed by atoms with Crippen molar-refractivity contribution in [3.8, 4) is 0 Å². The fraction of sp³-hybridized carbons (Fsp3) is 0.811. The summed E-state index contributed by atoms with van der Waals surface area (Å²) in [6, 6.07) is 4.76. The number of hydrogen-bond acceptors (Lipinski definition) is 3. The highest BCUT2D eigenvalue weighted by molar-refractivity contribution is 8.03. The molecule has 0 saturated carbocycles. The average Bonchev–Trinajstić information content (AvgIpc) is 2.95. The molecule has 0 unspecified atom stereocenters. The zero-order chi connectivity index (χ0) is 28.9. The van der Waals surface area contributed by atoms with E-state index in [0.717, 1.165) is 0 Å². The maximum absolute atomic E-state index is 4.38. The van der Waals surface area contributed by atoms with Gasteiger partial charge in [-0.2, -0.15) is 0 Å². The molecule has 0 atom stereocenters. The monoisotopic (exact) mass is 607 g/mol. The number of thioether (sulfide) groups is 3. The summed E-state index contributed by atoms with van der Waals surface area (Å²) >= 11 is 6.36. The predicted molar refractivity (Wildman–Crippen MR) is 191 cm³/mol. The molecule has 233 valence electrons. The number of benzene rings is 1. The lowest BCUT2D eigenvalue weighted by molar-refractivity contribution is 0.586. The minimum atomic E-state index is 1.20. The summed E-state index contributed by atoms with van der Waals surface area (Å²) in [4.78, 5) is 4.60. The van der Waals surface area contributed by atoms with E-state index in [1.165, 1.54) is 187 Å². The van der Waals surface area contributed by atoms with E-state index in [-0.39, 0.29) is 0 Å². The van der Waals surface area contributed by atoms with Crippen LogP contribution < -0.4 is 0 Å². The summed E-state index contributed by atoms with van der Waals surface area (Å²) in [5.41, 5.74) is 1.20. The average molecular weight is 608 g/mol. The lowest BCUT2D eigenvalue weighted by atomic mass is 10.1. The Morgan fingerprint density at radius 3 is 1.00 bits per heavy atom. The van der Waals surface area contributed by atoms with E-state index in [2.05, 4.69) is 75.1 Å². The molecule has 0 N–H and O–H groups in total. The highest BCUT2D eigenvalue weighted by Gasteiger charge is 2.12. The quantitative estimate of drug-likeness (QED) is 0.0630. The Bertz CT molecular complexity index is 628. The van der Waals surface area contributed by atoms with Crippen LogP contribution in [0.15, 0.2) is 26.8 Å². The summed E-state index contributed by atoms with van der Waals surface area (Å²) in [7, 11) is 0. The van der Waals surface area contributed by atoms with Crippen molar-refractivity contribution < 1.29 is 0 Å². The Kier molecular flexibility index (Phi) is 28.1. The van der Waals surface area contributed by atoms with E-state index >= 15 is 0 Å². The fourth-order valence-corrected chi connectivity index (χ4v) is 9.05. The minimum Gasteiger partial charge on any atom is -0.125 e. The second-order valence-corrected chi connectivity index (χ2v) is 15.3. The highest BCUT2D eigenvalue weighted by Crippen LogP contribution is 2.41. The SMILES string of the molecule is [CH2]c1cc(SCCCCCCCCCC)c(SCCCCCCCCCC)c(SCCCCCCCCCC)c1. The van der Waals surface area contributed by atoms with Crippen molar-refractivity contribution in [2.45, 2.75) is 190 Å². The summed E-state index contributed by atoms with van der Waals surface area (Å²) in [6.45, 7) is 11.3. The van der Waals surface area contributed by atoms with Gasteiger partial charge in [-0.25, -0.2) is 0 Å². The standard InChI is InChI=1S/C37H67S3/c1-5-8-11-14-17-20-23-26-29-38-35-32-34(4)33-36(39-30-27-24-21-18-15-12-9-6-2)37(35)40-31-28-25-22-19-16-13-10-7-3/h32-33H,4-31H2,1-3H3. The van der Waals surface area contributed by atoms with Crippen molar-refractivity contribution >= 4 is 35.3 Å². The third-order valence-corrected chi connectivity index (χ3v) is 11.6. The van der Waals surface area contributed by atoms with E-state index in [1.54, 1.807) is 4.90 Å². The zero-order valence-electron chi connectivity index (χ0n) is 27.2. The van der Waals surface area contributed by atoms with Gasteiger partial charge >= 0.3 is 0 Å². The van der Waals surface area contributed by atoms with Crippen molar-refractivity contribution in [3.05, 3.63) is 24.6 Å². The number of hydrogen-bond donors (Lipinski definition) is 0. The van der Waals surface area contributed by atoms with E-state index in [1.807, 2.05) is 0 Å². The van der Waals surface area contributed by atoms with Crippen LogP contribution in [0.4, 0.5) is 0 Å². The van der Waals surface area contributed by atoms with Crippen LogP contribution in [0, 0.1) is 6.92 Å². The van der Waals surface area contributed by atoms with E-state index in [9.17, 15) is 0 Å². The second-order valence-electron chi connectivity index (χ2n) is 11.9. The molecule has 0 saturated heterocycles. The van der Waals surface area contributed by atoms with Crippen molar-refractivity contribution in [2.75, 3.05) is 17.3 Å². The molecule has 0 nitrogen and oxygen atoms in total. The Labute approximate surface area is 265 Å². The fourth-order valence-electron chi connectivity index (χ4n) is 5.23. The van der Waals surface area contributed by atoms with Crippen molar-refractivity contribution in [1.82, 2.24) is 0 Å². The van der Waals surface area contributed by atoms with Gasteiger partial charge in [0.15, 0.2) is 0 Å². The van der Waals surface area contributed by atoms with Crippen LogP contribution >= 0.6 is 35.3 Å². The molecule has 0 amide bonds. The van der Waals surface area contributed by atoms with Gasteiger partial charge in [-0.1, -0.05) is 156 Å². The first-order chi connectivity index (χ1) is 19.7. The largest absolute Gasteiger partial charge is 0.125 e. The van der Waals surface area contributed by atoms with Gasteiger partial charge in [0.25, 0.3) is 0 Å². The molecule has 3 heteroatoms. The molecule has 0 aliphatic heterocycles. The molecule has 0 fully saturated rings. The first-order valence-corrected chi connectivity index (χ1v) is 20.6. The summed E-state index contributed by atoms with van der Waals surface area (Å²) in [6.07, 6.45) is 33.7. The highest BCUT2D eigenvalue weighted by atomic mass is 32.2. The van der Waals surface area contributed by atoms with Gasteiger partial charge in [-0.15, -0.1) is 35.3 Å². The zero-order valence-corrected chi connectivity index (χ0v) is 29.6. The van der Waals surface area contributed by atoms with Crippen LogP contribution in [0.5, 0.6) is 0 Å². The molecular weight excluding hydrogens is 541 g/mol. The Morgan fingerprint density at radius 2 is 0.675 bits per heavy atom. The molecule has 1 radical (unpaired) electrons. The molecule has 1 rings (SSSR count). The second kappa shape index (κ2) is 29.3. The summed E-state index contributed by atoms with van der Waals surface area (Å²) < 4.78 is 0. The first kappa shape index (κ1) is 38.3. The molecule has 0 bridgehead atoms. The maximum Gasteiger partial charge on any atom is 0.0344 e. The van der Waals surface area contributed by atoms with Gasteiger partial charge in [0.1, 0.15) is 0 Å². The van der Waals surface area contributed by atoms with Crippen LogP contribution in [0.25, 0.3) is 0 Å². The smallest absolute Gasteiger partial charge is 0.0344 e. The normalized spacial score (nSPS) is 11.5. The van der Waals surface area contributed by atoms with Gasteiger partial charge in [0.2, 0.25) is 0 Å². The van der Waals surface area contributed by atoms with Gasteiger partial charge in [-0.3, -0.25) is 0 Å². The van der Waals surface area contributed by atoms with Gasteiger partial charge in [0, 0.05) is 14.7 Å². The first-order valence-electron chi connectivity index (χ1n) is 17.6. The van der Waals surface area contributed by atoms with Gasteiger partial charge in [-0.05, 0) is 61.1 Å². The van der Waals surface area contributed by atoms with E-state index < -0.39 is 0 Å². The molecule has 0 spiro atoms. The van der Waals surface area contributed by atoms with Crippen LogP contribution in [0.2, 0.25) is 0 Å². The molecule has 1 aromatic rings. The van der Waals surface area contributed by atoms with Crippen molar-refractivity contribution in [1.29, 1.82) is 0 Å². The topological polar surface area (TPSA) is 0 Å². The van der Waals surface area contributed by atoms with E-state index in [0.29, 0.717) is 0 Å². The minimum absolute atomic E-state index is 1.20. The molecule has 1 aromatic carbocycles. The molecule has 0 heterocycles. The van der Waals surface area contributed by atoms with Crippen molar-refractivity contribution in [3.63, 3.8) is 0 Å². The lowest BCUT2D eigenvalue weighted by Crippen LogP contribution is -1.92. The summed E-state index contributed by atoms with van der Waals surface area (Å²) in [5, 5.41) is 0. The number of unbranched alkanes of at least 4 members (excludes halogenated alkanes) is 21. The number of rotatable bonds is 30. The van der Waals surface area contributed by atoms with Gasteiger partial charge in [0.05, 0.1) is 0 Å². The molecule has 0 aliphatic carbocycles. The maximum atomic E-state index is 4.38. The molecular formula is C37H67S3. The predicted octanol–water partition coefficient (Wildman–Crippen LogP) is 14.6. The summed E-state index contributed by atoms with van der Waals surface area (Å²) in [5.74, 6) is 3.78. The molecule has 0 aromatic heterocycles. The Morgan fingerprint density at radius 1 is 0.400 bits per heavy atom. The molecule has 40 heavy (non-hydrogen) atoms. The van der Waals surface area contributed by atoms with Crippen LogP contribution in [0.3, 0.4) is 0 Å². The van der Waals surface area contributed by atoms with E-state index in [4.69, 9.17) is 0 Å². The molecule has 0 aliphatic rings. The third-order valence-electron chi connectivity index (χ3n) is 7.84. The van der Waals surface area contributed by atoms with Crippen LogP contribution in [0.1, 0.15) is 180 Å².